The van der Waals surface area contributed by atoms with Gasteiger partial charge in [-0.1, -0.05) is 13.0 Å². The van der Waals surface area contributed by atoms with Crippen molar-refractivity contribution in [2.45, 2.75) is 38.7 Å². The zero-order chi connectivity index (χ0) is 9.68. The number of ketones is 1. The summed E-state index contributed by atoms with van der Waals surface area (Å²) in [5.41, 5.74) is 0. The summed E-state index contributed by atoms with van der Waals surface area (Å²) in [6.07, 6.45) is 5.27. The molecular weight excluding hydrogens is 164 g/mol. The fourth-order valence-corrected chi connectivity index (χ4v) is 1.85. The van der Waals surface area contributed by atoms with E-state index in [1.165, 1.54) is 0 Å². The van der Waals surface area contributed by atoms with Crippen molar-refractivity contribution in [2.24, 2.45) is 5.92 Å². The minimum atomic E-state index is 0.157. The molecule has 1 heterocycles. The number of hydrogen-bond acceptors (Lipinski definition) is 2. The van der Waals surface area contributed by atoms with Crippen molar-refractivity contribution in [3.8, 4) is 0 Å². The Morgan fingerprint density at radius 3 is 3.08 bits per heavy atom. The number of Topliss-reactive ketones (excluding diaryl/α,β-unsaturated/α-hetero) is 1. The number of allylic oxidation sites excluding steroid dienone is 1. The first-order valence-electron chi connectivity index (χ1n) is 5.04. The first-order valence-corrected chi connectivity index (χ1v) is 5.04. The second-order valence-electron chi connectivity index (χ2n) is 3.51. The van der Waals surface area contributed by atoms with Gasteiger partial charge in [0.2, 0.25) is 0 Å². The number of hydrogen-bond donors (Lipinski definition) is 0. The SMILES string of the molecule is C=CCCC(=O)C1CCOC1CC. The quantitative estimate of drug-likeness (QED) is 0.610. The maximum atomic E-state index is 11.6. The molecule has 0 aromatic heterocycles. The van der Waals surface area contributed by atoms with Gasteiger partial charge < -0.3 is 4.74 Å². The van der Waals surface area contributed by atoms with E-state index in [9.17, 15) is 4.79 Å². The summed E-state index contributed by atoms with van der Waals surface area (Å²) >= 11 is 0. The smallest absolute Gasteiger partial charge is 0.138 e. The van der Waals surface area contributed by atoms with Crippen LogP contribution in [0, 0.1) is 5.92 Å². The van der Waals surface area contributed by atoms with Gasteiger partial charge in [-0.2, -0.15) is 0 Å². The molecule has 0 saturated carbocycles. The molecule has 0 spiro atoms. The van der Waals surface area contributed by atoms with Crippen molar-refractivity contribution in [3.63, 3.8) is 0 Å². The minimum Gasteiger partial charge on any atom is -0.377 e. The van der Waals surface area contributed by atoms with Gasteiger partial charge in [0.25, 0.3) is 0 Å². The first-order chi connectivity index (χ1) is 6.29. The second kappa shape index (κ2) is 5.18. The van der Waals surface area contributed by atoms with Gasteiger partial charge in [-0.15, -0.1) is 6.58 Å². The summed E-state index contributed by atoms with van der Waals surface area (Å²) in [4.78, 5) is 11.6. The van der Waals surface area contributed by atoms with Crippen LogP contribution in [0.2, 0.25) is 0 Å². The summed E-state index contributed by atoms with van der Waals surface area (Å²) in [6, 6.07) is 0. The summed E-state index contributed by atoms with van der Waals surface area (Å²) < 4.78 is 5.47. The van der Waals surface area contributed by atoms with Crippen LogP contribution in [0.15, 0.2) is 12.7 Å². The third-order valence-corrected chi connectivity index (χ3v) is 2.62. The van der Waals surface area contributed by atoms with E-state index in [0.29, 0.717) is 12.2 Å². The Bertz CT molecular complexity index is 187. The molecule has 1 saturated heterocycles. The molecular formula is C11H18O2. The highest BCUT2D eigenvalue weighted by Crippen LogP contribution is 2.25. The molecule has 2 heteroatoms. The van der Waals surface area contributed by atoms with E-state index in [0.717, 1.165) is 25.9 Å². The molecule has 13 heavy (non-hydrogen) atoms. The lowest BCUT2D eigenvalue weighted by Crippen LogP contribution is -2.23. The predicted molar refractivity (Wildman–Crippen MR) is 52.6 cm³/mol. The van der Waals surface area contributed by atoms with Crippen LogP contribution in [0.25, 0.3) is 0 Å². The summed E-state index contributed by atoms with van der Waals surface area (Å²) in [5.74, 6) is 0.509. The average Bonchev–Trinajstić information content (AvgIpc) is 2.61. The molecule has 0 amide bonds. The largest absolute Gasteiger partial charge is 0.377 e. The Morgan fingerprint density at radius 1 is 1.69 bits per heavy atom. The predicted octanol–water partition coefficient (Wildman–Crippen LogP) is 2.34. The van der Waals surface area contributed by atoms with Crippen molar-refractivity contribution >= 4 is 5.78 Å². The molecule has 2 nitrogen and oxygen atoms in total. The lowest BCUT2D eigenvalue weighted by Gasteiger charge is -2.14. The van der Waals surface area contributed by atoms with Crippen LogP contribution < -0.4 is 0 Å². The maximum absolute atomic E-state index is 11.6. The third-order valence-electron chi connectivity index (χ3n) is 2.62. The molecule has 1 aliphatic rings. The number of ether oxygens (including phenoxy) is 1. The Kier molecular flexibility index (Phi) is 4.16. The van der Waals surface area contributed by atoms with Gasteiger partial charge in [0.1, 0.15) is 5.78 Å². The molecule has 74 valence electrons. The fourth-order valence-electron chi connectivity index (χ4n) is 1.85. The van der Waals surface area contributed by atoms with Crippen molar-refractivity contribution in [3.05, 3.63) is 12.7 Å². The Hall–Kier alpha value is -0.630. The van der Waals surface area contributed by atoms with E-state index >= 15 is 0 Å². The fraction of sp³-hybridized carbons (Fsp3) is 0.727. The van der Waals surface area contributed by atoms with Gasteiger partial charge in [-0.25, -0.2) is 0 Å². The van der Waals surface area contributed by atoms with E-state index in [2.05, 4.69) is 13.5 Å². The van der Waals surface area contributed by atoms with E-state index in [1.807, 2.05) is 0 Å². The van der Waals surface area contributed by atoms with Crippen LogP contribution in [0.1, 0.15) is 32.6 Å². The van der Waals surface area contributed by atoms with Crippen molar-refractivity contribution in [2.75, 3.05) is 6.61 Å². The first kappa shape index (κ1) is 10.5. The van der Waals surface area contributed by atoms with Gasteiger partial charge in [-0.05, 0) is 19.3 Å². The monoisotopic (exact) mass is 182 g/mol. The van der Waals surface area contributed by atoms with Crippen LogP contribution in [-0.4, -0.2) is 18.5 Å². The molecule has 0 aromatic rings. The summed E-state index contributed by atoms with van der Waals surface area (Å²) in [5, 5.41) is 0. The molecule has 1 aliphatic heterocycles. The highest BCUT2D eigenvalue weighted by atomic mass is 16.5. The van der Waals surface area contributed by atoms with Crippen LogP contribution in [0.3, 0.4) is 0 Å². The number of carbonyl (C=O) groups is 1. The molecule has 0 aliphatic carbocycles. The van der Waals surface area contributed by atoms with Crippen LogP contribution in [0.5, 0.6) is 0 Å². The highest BCUT2D eigenvalue weighted by Gasteiger charge is 2.31. The lowest BCUT2D eigenvalue weighted by atomic mass is 9.92. The van der Waals surface area contributed by atoms with Gasteiger partial charge in [0, 0.05) is 18.9 Å². The van der Waals surface area contributed by atoms with Gasteiger partial charge in [0.05, 0.1) is 6.10 Å². The van der Waals surface area contributed by atoms with Crippen LogP contribution in [0.4, 0.5) is 0 Å². The maximum Gasteiger partial charge on any atom is 0.138 e. The molecule has 0 radical (unpaired) electrons. The van der Waals surface area contributed by atoms with E-state index < -0.39 is 0 Å². The molecule has 0 aromatic carbocycles. The average molecular weight is 182 g/mol. The lowest BCUT2D eigenvalue weighted by molar-refractivity contribution is -0.124. The second-order valence-corrected chi connectivity index (χ2v) is 3.51. The van der Waals surface area contributed by atoms with Crippen LogP contribution >= 0.6 is 0 Å². The van der Waals surface area contributed by atoms with E-state index in [4.69, 9.17) is 4.74 Å². The molecule has 0 bridgehead atoms. The van der Waals surface area contributed by atoms with E-state index in [1.54, 1.807) is 6.08 Å². The van der Waals surface area contributed by atoms with Gasteiger partial charge in [-0.3, -0.25) is 4.79 Å². The summed E-state index contributed by atoms with van der Waals surface area (Å²) in [6.45, 7) is 6.44. The third kappa shape index (κ3) is 2.66. The van der Waals surface area contributed by atoms with Crippen molar-refractivity contribution in [1.29, 1.82) is 0 Å². The molecule has 2 atom stereocenters. The topological polar surface area (TPSA) is 26.3 Å². The standard InChI is InChI=1S/C11H18O2/c1-3-5-6-10(12)9-7-8-13-11(9)4-2/h3,9,11H,1,4-8H2,2H3. The van der Waals surface area contributed by atoms with Crippen molar-refractivity contribution < 1.29 is 9.53 Å². The zero-order valence-corrected chi connectivity index (χ0v) is 8.29. The Morgan fingerprint density at radius 2 is 2.46 bits per heavy atom. The highest BCUT2D eigenvalue weighted by molar-refractivity contribution is 5.81. The van der Waals surface area contributed by atoms with E-state index in [-0.39, 0.29) is 12.0 Å². The number of carbonyl (C=O) groups excluding carboxylic acids is 1. The Balaban J connectivity index is 2.40. The normalized spacial score (nSPS) is 27.5. The molecule has 1 rings (SSSR count). The Labute approximate surface area is 80.0 Å². The molecule has 2 unspecified atom stereocenters. The number of rotatable bonds is 5. The molecule has 1 fully saturated rings. The molecule has 0 N–H and O–H groups in total. The van der Waals surface area contributed by atoms with Gasteiger partial charge in [0.15, 0.2) is 0 Å². The van der Waals surface area contributed by atoms with Gasteiger partial charge >= 0.3 is 0 Å². The summed E-state index contributed by atoms with van der Waals surface area (Å²) in [7, 11) is 0. The zero-order valence-electron chi connectivity index (χ0n) is 8.29. The minimum absolute atomic E-state index is 0.157. The van der Waals surface area contributed by atoms with Crippen molar-refractivity contribution in [1.82, 2.24) is 0 Å². The van der Waals surface area contributed by atoms with Crippen LogP contribution in [-0.2, 0) is 9.53 Å².